The lowest BCUT2D eigenvalue weighted by Crippen LogP contribution is -2.39. The molecule has 1 saturated heterocycles. The molecule has 1 atom stereocenters. The number of carboxylic acids is 1. The average Bonchev–Trinajstić information content (AvgIpc) is 2.68. The molecule has 0 aliphatic carbocycles. The van der Waals surface area contributed by atoms with E-state index in [9.17, 15) is 18.7 Å². The molecule has 1 aromatic carbocycles. The second kappa shape index (κ2) is 9.01. The summed E-state index contributed by atoms with van der Waals surface area (Å²) in [6.07, 6.45) is 0.580. The van der Waals surface area contributed by atoms with E-state index in [1.807, 2.05) is 6.92 Å². The molecule has 1 aliphatic heterocycles. The number of aromatic nitrogens is 1. The number of benzene rings is 1. The number of aryl methyl sites for hydroxylation is 2. The van der Waals surface area contributed by atoms with Crippen molar-refractivity contribution in [1.82, 2.24) is 4.98 Å². The minimum absolute atomic E-state index is 0.171. The van der Waals surface area contributed by atoms with E-state index in [2.05, 4.69) is 23.7 Å². The van der Waals surface area contributed by atoms with E-state index in [0.29, 0.717) is 46.9 Å². The van der Waals surface area contributed by atoms with Crippen LogP contribution in [0.1, 0.15) is 70.5 Å². The smallest absolute Gasteiger partial charge is 0.337 e. The van der Waals surface area contributed by atoms with Crippen LogP contribution in [-0.2, 0) is 9.53 Å². The van der Waals surface area contributed by atoms with Crippen LogP contribution in [-0.4, -0.2) is 34.8 Å². The van der Waals surface area contributed by atoms with Crippen LogP contribution in [0.15, 0.2) is 18.2 Å². The lowest BCUT2D eigenvalue weighted by Gasteiger charge is -2.41. The summed E-state index contributed by atoms with van der Waals surface area (Å²) >= 11 is 0. The highest BCUT2D eigenvalue weighted by atomic mass is 19.2. The number of carbonyl (C=O) groups is 1. The van der Waals surface area contributed by atoms with Crippen LogP contribution >= 0.6 is 0 Å². The molecule has 1 aliphatic rings. The van der Waals surface area contributed by atoms with E-state index in [1.165, 1.54) is 6.07 Å². The molecule has 0 unspecified atom stereocenters. The van der Waals surface area contributed by atoms with Crippen molar-refractivity contribution in [3.63, 3.8) is 0 Å². The molecule has 2 aromatic rings. The van der Waals surface area contributed by atoms with Gasteiger partial charge in [0.1, 0.15) is 0 Å². The van der Waals surface area contributed by atoms with Gasteiger partial charge >= 0.3 is 5.97 Å². The van der Waals surface area contributed by atoms with Gasteiger partial charge in [0.15, 0.2) is 17.7 Å². The van der Waals surface area contributed by atoms with Gasteiger partial charge in [-0.25, -0.2) is 13.6 Å². The van der Waals surface area contributed by atoms with Gasteiger partial charge in [-0.2, -0.15) is 0 Å². The molecular formula is C26H34F2N2O3. The molecule has 2 heterocycles. The topological polar surface area (TPSA) is 62.7 Å². The molecule has 0 radical (unpaired) electrons. The summed E-state index contributed by atoms with van der Waals surface area (Å²) in [7, 11) is 0. The Kier molecular flexibility index (Phi) is 6.85. The molecule has 1 aromatic heterocycles. The second-order valence-corrected chi connectivity index (χ2v) is 10.6. The number of nitrogens with zero attached hydrogens (tertiary/aromatic N) is 2. The number of halogens is 2. The highest BCUT2D eigenvalue weighted by Gasteiger charge is 2.36. The molecule has 3 rings (SSSR count). The number of aliphatic carboxylic acids is 1. The Morgan fingerprint density at radius 2 is 1.73 bits per heavy atom. The normalized spacial score (nSPS) is 17.2. The standard InChI is InChI=1S/C26H34F2N2O3/c1-15-20(17-8-9-18(27)19(28)14-17)22(30-12-10-26(6,7)11-13-30)21(16(2)29-15)23(24(31)32)33-25(3,4)5/h8-9,14,23H,10-13H2,1-7H3,(H,31,32)/t23-/m0/s1. The highest BCUT2D eigenvalue weighted by molar-refractivity contribution is 5.88. The zero-order valence-corrected chi connectivity index (χ0v) is 20.6. The van der Waals surface area contributed by atoms with E-state index in [1.54, 1.807) is 27.7 Å². The van der Waals surface area contributed by atoms with E-state index >= 15 is 0 Å². The van der Waals surface area contributed by atoms with Crippen LogP contribution in [0.5, 0.6) is 0 Å². The maximum atomic E-state index is 14.2. The summed E-state index contributed by atoms with van der Waals surface area (Å²) in [5, 5.41) is 10.2. The van der Waals surface area contributed by atoms with Gasteiger partial charge in [0.2, 0.25) is 0 Å². The van der Waals surface area contributed by atoms with Crippen molar-refractivity contribution in [3.05, 3.63) is 46.8 Å². The lowest BCUT2D eigenvalue weighted by molar-refractivity contribution is -0.160. The Hall–Kier alpha value is -2.54. The summed E-state index contributed by atoms with van der Waals surface area (Å²) in [6, 6.07) is 3.75. The Labute approximate surface area is 194 Å². The van der Waals surface area contributed by atoms with E-state index < -0.39 is 29.3 Å². The fourth-order valence-electron chi connectivity index (χ4n) is 4.41. The van der Waals surface area contributed by atoms with Gasteiger partial charge in [0.25, 0.3) is 0 Å². The van der Waals surface area contributed by atoms with Gasteiger partial charge in [0, 0.05) is 35.6 Å². The SMILES string of the molecule is Cc1nc(C)c([C@H](OC(C)(C)C)C(=O)O)c(N2CCC(C)(C)CC2)c1-c1ccc(F)c(F)c1. The third-order valence-electron chi connectivity index (χ3n) is 6.18. The Bertz CT molecular complexity index is 1050. The first kappa shape index (κ1) is 25.1. The van der Waals surface area contributed by atoms with Gasteiger partial charge in [0.05, 0.1) is 11.3 Å². The summed E-state index contributed by atoms with van der Waals surface area (Å²) in [5.41, 5.74) is 2.84. The number of hydrogen-bond acceptors (Lipinski definition) is 4. The van der Waals surface area contributed by atoms with Crippen LogP contribution in [0.3, 0.4) is 0 Å². The number of carboxylic acid groups (broad SMARTS) is 1. The molecule has 1 N–H and O–H groups in total. The van der Waals surface area contributed by atoms with Crippen molar-refractivity contribution in [2.45, 2.75) is 73.0 Å². The van der Waals surface area contributed by atoms with Gasteiger partial charge < -0.3 is 14.7 Å². The van der Waals surface area contributed by atoms with Crippen molar-refractivity contribution < 1.29 is 23.4 Å². The zero-order chi connectivity index (χ0) is 24.7. The average molecular weight is 461 g/mol. The van der Waals surface area contributed by atoms with Crippen molar-refractivity contribution in [2.24, 2.45) is 5.41 Å². The molecule has 33 heavy (non-hydrogen) atoms. The van der Waals surface area contributed by atoms with Crippen molar-refractivity contribution >= 4 is 11.7 Å². The van der Waals surface area contributed by atoms with Crippen LogP contribution in [0, 0.1) is 30.9 Å². The highest BCUT2D eigenvalue weighted by Crippen LogP contribution is 2.44. The number of ether oxygens (including phenoxy) is 1. The quantitative estimate of drug-likeness (QED) is 0.575. The van der Waals surface area contributed by atoms with Crippen LogP contribution in [0.4, 0.5) is 14.5 Å². The third-order valence-corrected chi connectivity index (χ3v) is 6.18. The number of pyridine rings is 1. The van der Waals surface area contributed by atoms with Crippen molar-refractivity contribution in [1.29, 1.82) is 0 Å². The van der Waals surface area contributed by atoms with E-state index in [-0.39, 0.29) is 5.41 Å². The lowest BCUT2D eigenvalue weighted by atomic mass is 9.82. The minimum Gasteiger partial charge on any atom is -0.479 e. The fourth-order valence-corrected chi connectivity index (χ4v) is 4.41. The van der Waals surface area contributed by atoms with E-state index in [4.69, 9.17) is 4.74 Å². The summed E-state index contributed by atoms with van der Waals surface area (Å²) in [5.74, 6) is -3.01. The predicted molar refractivity (Wildman–Crippen MR) is 126 cm³/mol. The van der Waals surface area contributed by atoms with E-state index in [0.717, 1.165) is 25.0 Å². The fraction of sp³-hybridized carbons (Fsp3) is 0.538. The molecule has 0 saturated carbocycles. The molecule has 1 fully saturated rings. The van der Waals surface area contributed by atoms with Crippen LogP contribution in [0.25, 0.3) is 11.1 Å². The Morgan fingerprint density at radius 1 is 1.12 bits per heavy atom. The molecule has 180 valence electrons. The molecule has 0 bridgehead atoms. The third kappa shape index (κ3) is 5.52. The first-order chi connectivity index (χ1) is 15.2. The van der Waals surface area contributed by atoms with Crippen LogP contribution in [0.2, 0.25) is 0 Å². The molecule has 7 heteroatoms. The molecule has 0 spiro atoms. The van der Waals surface area contributed by atoms with Gasteiger partial charge in [-0.05, 0) is 70.6 Å². The van der Waals surface area contributed by atoms with Gasteiger partial charge in [-0.1, -0.05) is 19.9 Å². The number of hydrogen-bond donors (Lipinski definition) is 1. The molecule has 5 nitrogen and oxygen atoms in total. The Morgan fingerprint density at radius 3 is 2.24 bits per heavy atom. The Balaban J connectivity index is 2.32. The molecular weight excluding hydrogens is 426 g/mol. The number of anilines is 1. The zero-order valence-electron chi connectivity index (χ0n) is 20.6. The first-order valence-corrected chi connectivity index (χ1v) is 11.3. The first-order valence-electron chi connectivity index (χ1n) is 11.3. The monoisotopic (exact) mass is 460 g/mol. The maximum absolute atomic E-state index is 14.2. The van der Waals surface area contributed by atoms with Gasteiger partial charge in [-0.15, -0.1) is 0 Å². The maximum Gasteiger partial charge on any atom is 0.337 e. The number of rotatable bonds is 5. The second-order valence-electron chi connectivity index (χ2n) is 10.6. The minimum atomic E-state index is -1.26. The molecule has 0 amide bonds. The largest absolute Gasteiger partial charge is 0.479 e. The van der Waals surface area contributed by atoms with Crippen LogP contribution < -0.4 is 4.90 Å². The van der Waals surface area contributed by atoms with Crippen molar-refractivity contribution in [3.8, 4) is 11.1 Å². The predicted octanol–water partition coefficient (Wildman–Crippen LogP) is 6.21. The summed E-state index contributed by atoms with van der Waals surface area (Å²) in [4.78, 5) is 19.2. The summed E-state index contributed by atoms with van der Waals surface area (Å²) < 4.78 is 34.0. The summed E-state index contributed by atoms with van der Waals surface area (Å²) in [6.45, 7) is 14.9. The van der Waals surface area contributed by atoms with Crippen molar-refractivity contribution in [2.75, 3.05) is 18.0 Å². The van der Waals surface area contributed by atoms with Gasteiger partial charge in [-0.3, -0.25) is 4.98 Å². The number of piperidine rings is 1.